The molecule has 0 unspecified atom stereocenters. The second-order valence-electron chi connectivity index (χ2n) is 1.88. The molecule has 1 heterocycles. The molecule has 1 aromatic heterocycles. The van der Waals surface area contributed by atoms with E-state index in [2.05, 4.69) is 19.9 Å². The molecule has 1 N–H and O–H groups in total. The third kappa shape index (κ3) is 1.66. The van der Waals surface area contributed by atoms with Crippen molar-refractivity contribution in [3.63, 3.8) is 0 Å². The zero-order chi connectivity index (χ0) is 8.97. The highest BCUT2D eigenvalue weighted by Gasteiger charge is 2.12. The molecule has 0 saturated heterocycles. The Labute approximate surface area is 67.9 Å². The van der Waals surface area contributed by atoms with Gasteiger partial charge in [-0.3, -0.25) is 9.89 Å². The van der Waals surface area contributed by atoms with Crippen LogP contribution < -0.4 is 0 Å². The Balaban J connectivity index is 2.74. The minimum Gasteiger partial charge on any atom is -0.460 e. The number of ether oxygens (including phenoxy) is 1. The predicted molar refractivity (Wildman–Crippen MR) is 37.7 cm³/mol. The topological polar surface area (TPSA) is 84.9 Å². The first-order valence-electron chi connectivity index (χ1n) is 3.32. The van der Waals surface area contributed by atoms with Crippen molar-refractivity contribution in [2.24, 2.45) is 0 Å². The fourth-order valence-electron chi connectivity index (χ4n) is 0.614. The average Bonchev–Trinajstić information content (AvgIpc) is 2.52. The van der Waals surface area contributed by atoms with Crippen LogP contribution in [0, 0.1) is 0 Å². The van der Waals surface area contributed by atoms with Crippen LogP contribution in [0.3, 0.4) is 0 Å². The highest BCUT2D eigenvalue weighted by molar-refractivity contribution is 5.85. The smallest absolute Gasteiger partial charge is 0.378 e. The highest BCUT2D eigenvalue weighted by Crippen LogP contribution is 1.92. The second kappa shape index (κ2) is 3.61. The summed E-state index contributed by atoms with van der Waals surface area (Å²) in [5.74, 6) is -0.751. The monoisotopic (exact) mass is 169 g/mol. The maximum Gasteiger partial charge on any atom is 0.378 e. The Morgan fingerprint density at radius 3 is 3.00 bits per heavy atom. The molecule has 0 bridgehead atoms. The van der Waals surface area contributed by atoms with Gasteiger partial charge < -0.3 is 4.74 Å². The quantitative estimate of drug-likeness (QED) is 0.500. The van der Waals surface area contributed by atoms with Crippen molar-refractivity contribution >= 4 is 12.3 Å². The number of hydrogen-bond donors (Lipinski definition) is 1. The number of carbonyl (C=O) groups is 2. The third-order valence-corrected chi connectivity index (χ3v) is 1.07. The van der Waals surface area contributed by atoms with Crippen molar-refractivity contribution in [3.05, 3.63) is 11.6 Å². The highest BCUT2D eigenvalue weighted by atomic mass is 16.5. The van der Waals surface area contributed by atoms with Crippen molar-refractivity contribution in [1.82, 2.24) is 15.2 Å². The molecule has 0 aliphatic heterocycles. The first-order valence-corrected chi connectivity index (χ1v) is 3.32. The van der Waals surface area contributed by atoms with Gasteiger partial charge in [0.1, 0.15) is 0 Å². The summed E-state index contributed by atoms with van der Waals surface area (Å²) in [4.78, 5) is 24.5. The largest absolute Gasteiger partial charge is 0.460 e. The first kappa shape index (κ1) is 8.38. The molecular formula is C6H7N3O3. The van der Waals surface area contributed by atoms with E-state index < -0.39 is 5.97 Å². The molecule has 0 saturated carbocycles. The van der Waals surface area contributed by atoms with Crippen LogP contribution in [0.5, 0.6) is 0 Å². The fraction of sp³-hybridized carbons (Fsp3) is 0.333. The Kier molecular flexibility index (Phi) is 2.52. The van der Waals surface area contributed by atoms with Crippen LogP contribution in [0.1, 0.15) is 28.2 Å². The van der Waals surface area contributed by atoms with E-state index in [4.69, 9.17) is 0 Å². The number of hydrogen-bond acceptors (Lipinski definition) is 5. The van der Waals surface area contributed by atoms with Crippen LogP contribution in [-0.4, -0.2) is 34.0 Å². The van der Waals surface area contributed by atoms with Crippen molar-refractivity contribution in [2.75, 3.05) is 6.61 Å². The zero-order valence-electron chi connectivity index (χ0n) is 6.40. The van der Waals surface area contributed by atoms with E-state index in [1.54, 1.807) is 6.92 Å². The van der Waals surface area contributed by atoms with Gasteiger partial charge in [-0.05, 0) is 6.92 Å². The van der Waals surface area contributed by atoms with E-state index in [1.807, 2.05) is 0 Å². The normalized spacial score (nSPS) is 9.42. The van der Waals surface area contributed by atoms with Gasteiger partial charge in [0.2, 0.25) is 0 Å². The summed E-state index contributed by atoms with van der Waals surface area (Å²) in [6.07, 6.45) is 0.468. The number of aldehydes is 1. The molecule has 6 heteroatoms. The van der Waals surface area contributed by atoms with Crippen LogP contribution in [-0.2, 0) is 4.74 Å². The predicted octanol–water partition coefficient (Wildman–Crippen LogP) is -0.206. The number of esters is 1. The lowest BCUT2D eigenvalue weighted by Gasteiger charge is -1.93. The van der Waals surface area contributed by atoms with Gasteiger partial charge >= 0.3 is 5.97 Å². The molecule has 6 nitrogen and oxygen atoms in total. The summed E-state index contributed by atoms with van der Waals surface area (Å²) in [6, 6.07) is 0. The number of H-pyrrole nitrogens is 1. The van der Waals surface area contributed by atoms with E-state index in [0.717, 1.165) is 0 Å². The third-order valence-electron chi connectivity index (χ3n) is 1.07. The molecule has 64 valence electrons. The van der Waals surface area contributed by atoms with Crippen LogP contribution in [0.4, 0.5) is 0 Å². The van der Waals surface area contributed by atoms with Crippen molar-refractivity contribution in [2.45, 2.75) is 6.92 Å². The summed E-state index contributed by atoms with van der Waals surface area (Å²) < 4.78 is 4.59. The minimum atomic E-state index is -0.637. The molecule has 0 atom stereocenters. The van der Waals surface area contributed by atoms with Gasteiger partial charge in [0.15, 0.2) is 12.1 Å². The molecule has 0 amide bonds. The lowest BCUT2D eigenvalue weighted by molar-refractivity contribution is 0.0512. The maximum atomic E-state index is 10.9. The number of carbonyl (C=O) groups excluding carboxylic acids is 2. The number of aromatic nitrogens is 3. The standard InChI is InChI=1S/C6H7N3O3/c1-2-12-6(11)5-7-4(3-10)8-9-5/h3H,2H2,1H3,(H,7,8,9). The van der Waals surface area contributed by atoms with Crippen LogP contribution in [0.2, 0.25) is 0 Å². The summed E-state index contributed by atoms with van der Waals surface area (Å²) in [7, 11) is 0. The number of aromatic amines is 1. The van der Waals surface area contributed by atoms with Gasteiger partial charge in [0.05, 0.1) is 6.61 Å². The first-order chi connectivity index (χ1) is 5.77. The summed E-state index contributed by atoms with van der Waals surface area (Å²) in [5, 5.41) is 5.73. The second-order valence-corrected chi connectivity index (χ2v) is 1.88. The van der Waals surface area contributed by atoms with E-state index in [1.165, 1.54) is 0 Å². The fourth-order valence-corrected chi connectivity index (χ4v) is 0.614. The van der Waals surface area contributed by atoms with Gasteiger partial charge in [-0.15, -0.1) is 5.10 Å². The molecule has 0 spiro atoms. The Bertz CT molecular complexity index is 294. The maximum absolute atomic E-state index is 10.9. The minimum absolute atomic E-state index is 0.0121. The number of rotatable bonds is 3. The van der Waals surface area contributed by atoms with Crippen molar-refractivity contribution in [1.29, 1.82) is 0 Å². The molecule has 0 aromatic carbocycles. The van der Waals surface area contributed by atoms with Gasteiger partial charge in [-0.1, -0.05) is 0 Å². The molecule has 0 aliphatic rings. The van der Waals surface area contributed by atoms with Gasteiger partial charge in [0, 0.05) is 0 Å². The summed E-state index contributed by atoms with van der Waals surface area (Å²) >= 11 is 0. The van der Waals surface area contributed by atoms with Gasteiger partial charge in [-0.25, -0.2) is 4.79 Å². The number of nitrogens with zero attached hydrogens (tertiary/aromatic N) is 2. The van der Waals surface area contributed by atoms with Crippen molar-refractivity contribution < 1.29 is 14.3 Å². The zero-order valence-corrected chi connectivity index (χ0v) is 6.40. The number of nitrogens with one attached hydrogen (secondary N) is 1. The van der Waals surface area contributed by atoms with Gasteiger partial charge in [-0.2, -0.15) is 4.98 Å². The van der Waals surface area contributed by atoms with Crippen LogP contribution >= 0.6 is 0 Å². The summed E-state index contributed by atoms with van der Waals surface area (Å²) in [5.41, 5.74) is 0. The average molecular weight is 169 g/mol. The molecule has 0 radical (unpaired) electrons. The lowest BCUT2D eigenvalue weighted by Crippen LogP contribution is -2.06. The van der Waals surface area contributed by atoms with Crippen molar-refractivity contribution in [3.8, 4) is 0 Å². The Hall–Kier alpha value is -1.72. The molecule has 0 fully saturated rings. The van der Waals surface area contributed by atoms with E-state index in [0.29, 0.717) is 6.29 Å². The molecule has 1 rings (SSSR count). The Morgan fingerprint density at radius 1 is 1.75 bits per heavy atom. The SMILES string of the molecule is CCOC(=O)c1n[nH]c(C=O)n1. The Morgan fingerprint density at radius 2 is 2.50 bits per heavy atom. The summed E-state index contributed by atoms with van der Waals surface area (Å²) in [6.45, 7) is 1.93. The lowest BCUT2D eigenvalue weighted by atomic mass is 10.6. The molecule has 12 heavy (non-hydrogen) atoms. The van der Waals surface area contributed by atoms with Crippen LogP contribution in [0.25, 0.3) is 0 Å². The van der Waals surface area contributed by atoms with E-state index in [-0.39, 0.29) is 18.3 Å². The molecule has 0 aliphatic carbocycles. The van der Waals surface area contributed by atoms with Crippen LogP contribution in [0.15, 0.2) is 0 Å². The van der Waals surface area contributed by atoms with Gasteiger partial charge in [0.25, 0.3) is 5.82 Å². The molecule has 1 aromatic rings. The van der Waals surface area contributed by atoms with E-state index in [9.17, 15) is 9.59 Å². The molecular weight excluding hydrogens is 162 g/mol. The van der Waals surface area contributed by atoms with E-state index >= 15 is 0 Å².